The normalized spacial score (nSPS) is 12.0. The molecule has 6 nitrogen and oxygen atoms in total. The van der Waals surface area contributed by atoms with Crippen molar-refractivity contribution in [1.82, 2.24) is 5.32 Å². The molecule has 0 saturated heterocycles. The molecule has 0 fully saturated rings. The van der Waals surface area contributed by atoms with Crippen LogP contribution >= 0.6 is 0 Å². The maximum atomic E-state index is 12.1. The van der Waals surface area contributed by atoms with E-state index in [-0.39, 0.29) is 12.5 Å². The number of carbonyl (C=O) groups excluding carboxylic acids is 1. The number of hydrogen-bond acceptors (Lipinski definition) is 5. The standard InChI is InChI=1S/C22H23NO5/c1-14-19(27-15(2)22(26)23-11-6-12-24)10-9-17-18(13-20(25)28-21(14)17)16-7-4-3-5-8-16/h3-5,7-10,13,15,24H,6,11-12H2,1-2H3,(H,23,26)/t15-/m0/s1. The molecule has 6 heteroatoms. The fourth-order valence-corrected chi connectivity index (χ4v) is 3.01. The number of fused-ring (bicyclic) bond motifs is 1. The van der Waals surface area contributed by atoms with Crippen molar-refractivity contribution in [3.63, 3.8) is 0 Å². The molecule has 1 atom stereocenters. The van der Waals surface area contributed by atoms with Gasteiger partial charge in [0.1, 0.15) is 11.3 Å². The quantitative estimate of drug-likeness (QED) is 0.485. The van der Waals surface area contributed by atoms with Gasteiger partial charge in [-0.2, -0.15) is 0 Å². The molecule has 0 radical (unpaired) electrons. The molecular formula is C22H23NO5. The largest absolute Gasteiger partial charge is 0.480 e. The van der Waals surface area contributed by atoms with Crippen molar-refractivity contribution in [3.05, 3.63) is 64.5 Å². The molecule has 2 N–H and O–H groups in total. The molecule has 28 heavy (non-hydrogen) atoms. The number of amides is 1. The number of rotatable bonds is 7. The summed E-state index contributed by atoms with van der Waals surface area (Å²) in [5.74, 6) is 0.207. The molecule has 146 valence electrons. The lowest BCUT2D eigenvalue weighted by Gasteiger charge is -2.17. The van der Waals surface area contributed by atoms with Gasteiger partial charge < -0.3 is 19.6 Å². The molecule has 1 amide bonds. The summed E-state index contributed by atoms with van der Waals surface area (Å²) >= 11 is 0. The maximum absolute atomic E-state index is 12.1. The number of benzene rings is 2. The Balaban J connectivity index is 1.94. The highest BCUT2D eigenvalue weighted by Crippen LogP contribution is 2.33. The van der Waals surface area contributed by atoms with Gasteiger partial charge in [-0.25, -0.2) is 4.79 Å². The number of aryl methyl sites for hydroxylation is 1. The van der Waals surface area contributed by atoms with Gasteiger partial charge in [-0.1, -0.05) is 30.3 Å². The molecule has 3 rings (SSSR count). The molecule has 1 heterocycles. The molecule has 0 unspecified atom stereocenters. The maximum Gasteiger partial charge on any atom is 0.336 e. The van der Waals surface area contributed by atoms with Crippen LogP contribution in [0.1, 0.15) is 18.9 Å². The first-order valence-electron chi connectivity index (χ1n) is 9.19. The highest BCUT2D eigenvalue weighted by Gasteiger charge is 2.18. The van der Waals surface area contributed by atoms with Gasteiger partial charge in [-0.15, -0.1) is 0 Å². The van der Waals surface area contributed by atoms with E-state index in [0.29, 0.717) is 29.9 Å². The lowest BCUT2D eigenvalue weighted by Crippen LogP contribution is -2.37. The summed E-state index contributed by atoms with van der Waals surface area (Å²) in [6, 6.07) is 14.7. The Kier molecular flexibility index (Phi) is 6.11. The summed E-state index contributed by atoms with van der Waals surface area (Å²) in [5, 5.41) is 12.3. The van der Waals surface area contributed by atoms with Crippen LogP contribution in [-0.4, -0.2) is 30.3 Å². The lowest BCUT2D eigenvalue weighted by atomic mass is 10.00. The number of hydrogen-bond donors (Lipinski definition) is 2. The first-order chi connectivity index (χ1) is 13.5. The van der Waals surface area contributed by atoms with Crippen molar-refractivity contribution >= 4 is 16.9 Å². The van der Waals surface area contributed by atoms with E-state index < -0.39 is 11.7 Å². The smallest absolute Gasteiger partial charge is 0.336 e. The van der Waals surface area contributed by atoms with Crippen LogP contribution in [0.25, 0.3) is 22.1 Å². The van der Waals surface area contributed by atoms with Crippen LogP contribution in [0.5, 0.6) is 5.75 Å². The summed E-state index contributed by atoms with van der Waals surface area (Å²) < 4.78 is 11.2. The van der Waals surface area contributed by atoms with Gasteiger partial charge in [0.25, 0.3) is 5.91 Å². The first kappa shape index (κ1) is 19.6. The van der Waals surface area contributed by atoms with Gasteiger partial charge in [-0.05, 0) is 43.5 Å². The number of aliphatic hydroxyl groups excluding tert-OH is 1. The highest BCUT2D eigenvalue weighted by atomic mass is 16.5. The molecule has 3 aromatic rings. The van der Waals surface area contributed by atoms with Gasteiger partial charge in [0.05, 0.1) is 0 Å². The zero-order chi connectivity index (χ0) is 20.1. The van der Waals surface area contributed by atoms with Crippen LogP contribution in [0.3, 0.4) is 0 Å². The Bertz CT molecular complexity index is 1030. The van der Waals surface area contributed by atoms with E-state index in [0.717, 1.165) is 16.5 Å². The van der Waals surface area contributed by atoms with E-state index in [1.54, 1.807) is 19.9 Å². The highest BCUT2D eigenvalue weighted by molar-refractivity contribution is 5.95. The minimum absolute atomic E-state index is 0.0160. The molecule has 0 spiro atoms. The van der Waals surface area contributed by atoms with Crippen LogP contribution in [0.4, 0.5) is 0 Å². The minimum atomic E-state index is -0.723. The van der Waals surface area contributed by atoms with Gasteiger partial charge >= 0.3 is 5.63 Å². The predicted molar refractivity (Wildman–Crippen MR) is 107 cm³/mol. The molecule has 0 saturated carbocycles. The molecular weight excluding hydrogens is 358 g/mol. The van der Waals surface area contributed by atoms with E-state index >= 15 is 0 Å². The van der Waals surface area contributed by atoms with E-state index in [1.807, 2.05) is 36.4 Å². The summed E-state index contributed by atoms with van der Waals surface area (Å²) in [6.45, 7) is 3.84. The minimum Gasteiger partial charge on any atom is -0.480 e. The zero-order valence-corrected chi connectivity index (χ0v) is 15.9. The van der Waals surface area contributed by atoms with E-state index in [4.69, 9.17) is 14.3 Å². The Morgan fingerprint density at radius 1 is 1.21 bits per heavy atom. The predicted octanol–water partition coefficient (Wildman–Crippen LogP) is 3.03. The van der Waals surface area contributed by atoms with Gasteiger partial charge in [-0.3, -0.25) is 4.79 Å². The fourth-order valence-electron chi connectivity index (χ4n) is 3.01. The summed E-state index contributed by atoms with van der Waals surface area (Å²) in [4.78, 5) is 24.2. The monoisotopic (exact) mass is 381 g/mol. The first-order valence-corrected chi connectivity index (χ1v) is 9.19. The van der Waals surface area contributed by atoms with Crippen molar-refractivity contribution in [2.24, 2.45) is 0 Å². The van der Waals surface area contributed by atoms with Crippen molar-refractivity contribution in [2.75, 3.05) is 13.2 Å². The van der Waals surface area contributed by atoms with Crippen LogP contribution in [0.2, 0.25) is 0 Å². The SMILES string of the molecule is Cc1c(O[C@@H](C)C(=O)NCCCO)ccc2c(-c3ccccc3)cc(=O)oc12. The zero-order valence-electron chi connectivity index (χ0n) is 15.9. The van der Waals surface area contributed by atoms with Crippen LogP contribution in [-0.2, 0) is 4.79 Å². The van der Waals surface area contributed by atoms with Crippen LogP contribution in [0, 0.1) is 6.92 Å². The topological polar surface area (TPSA) is 88.8 Å². The Hall–Kier alpha value is -3.12. The van der Waals surface area contributed by atoms with Gasteiger partial charge in [0.2, 0.25) is 0 Å². The van der Waals surface area contributed by atoms with Crippen LogP contribution in [0.15, 0.2) is 57.7 Å². The number of aliphatic hydroxyl groups is 1. The van der Waals surface area contributed by atoms with Gasteiger partial charge in [0.15, 0.2) is 6.10 Å². The third-order valence-corrected chi connectivity index (χ3v) is 4.50. The second-order valence-corrected chi connectivity index (χ2v) is 6.54. The average Bonchev–Trinajstić information content (AvgIpc) is 2.70. The Morgan fingerprint density at radius 3 is 2.68 bits per heavy atom. The summed E-state index contributed by atoms with van der Waals surface area (Å²) in [5.41, 5.74) is 2.36. The number of carbonyl (C=O) groups is 1. The van der Waals surface area contributed by atoms with E-state index in [2.05, 4.69) is 5.32 Å². The molecule has 0 bridgehead atoms. The van der Waals surface area contributed by atoms with Gasteiger partial charge in [0, 0.05) is 30.2 Å². The van der Waals surface area contributed by atoms with Crippen molar-refractivity contribution in [2.45, 2.75) is 26.4 Å². The second-order valence-electron chi connectivity index (χ2n) is 6.54. The third kappa shape index (κ3) is 4.23. The number of ether oxygens (including phenoxy) is 1. The number of nitrogens with one attached hydrogen (secondary N) is 1. The Morgan fingerprint density at radius 2 is 1.96 bits per heavy atom. The molecule has 1 aromatic heterocycles. The fraction of sp³-hybridized carbons (Fsp3) is 0.273. The summed E-state index contributed by atoms with van der Waals surface area (Å²) in [7, 11) is 0. The molecule has 0 aliphatic carbocycles. The molecule has 0 aliphatic heterocycles. The molecule has 2 aromatic carbocycles. The van der Waals surface area contributed by atoms with Crippen molar-refractivity contribution in [3.8, 4) is 16.9 Å². The second kappa shape index (κ2) is 8.71. The lowest BCUT2D eigenvalue weighted by molar-refractivity contribution is -0.127. The van der Waals surface area contributed by atoms with E-state index in [9.17, 15) is 9.59 Å². The van der Waals surface area contributed by atoms with Crippen molar-refractivity contribution in [1.29, 1.82) is 0 Å². The third-order valence-electron chi connectivity index (χ3n) is 4.50. The molecule has 0 aliphatic rings. The Labute approximate surface area is 162 Å². The van der Waals surface area contributed by atoms with Crippen molar-refractivity contribution < 1.29 is 19.1 Å². The van der Waals surface area contributed by atoms with E-state index in [1.165, 1.54) is 6.07 Å². The summed E-state index contributed by atoms with van der Waals surface area (Å²) in [6.07, 6.45) is -0.236. The van der Waals surface area contributed by atoms with Crippen LogP contribution < -0.4 is 15.7 Å². The average molecular weight is 381 g/mol.